The van der Waals surface area contributed by atoms with Gasteiger partial charge in [0.2, 0.25) is 0 Å². The van der Waals surface area contributed by atoms with Crippen LogP contribution in [0.1, 0.15) is 24.7 Å². The second kappa shape index (κ2) is 5.95. The van der Waals surface area contributed by atoms with Crippen LogP contribution >= 0.6 is 0 Å². The summed E-state index contributed by atoms with van der Waals surface area (Å²) in [6.45, 7) is 0.368. The largest absolute Gasteiger partial charge is 0.493 e. The van der Waals surface area contributed by atoms with E-state index in [1.165, 1.54) is 30.2 Å². The maximum absolute atomic E-state index is 14.6. The Morgan fingerprint density at radius 1 is 1.48 bits per heavy atom. The summed E-state index contributed by atoms with van der Waals surface area (Å²) in [6, 6.07) is 4.06. The van der Waals surface area contributed by atoms with Gasteiger partial charge in [-0.05, 0) is 18.9 Å². The number of halogens is 2. The van der Waals surface area contributed by atoms with Gasteiger partial charge in [0.15, 0.2) is 17.9 Å². The van der Waals surface area contributed by atoms with Crippen molar-refractivity contribution in [2.45, 2.75) is 24.7 Å². The molecule has 2 rings (SSSR count). The molecule has 0 radical (unpaired) electrons. The van der Waals surface area contributed by atoms with E-state index in [1.54, 1.807) is 0 Å². The summed E-state index contributed by atoms with van der Waals surface area (Å²) in [4.78, 5) is 12.5. The molecule has 1 unspecified atom stereocenters. The van der Waals surface area contributed by atoms with Crippen molar-refractivity contribution in [3.63, 3.8) is 0 Å². The van der Waals surface area contributed by atoms with E-state index in [0.717, 1.165) is 0 Å². The number of benzene rings is 1. The molecule has 1 atom stereocenters. The Kier molecular flexibility index (Phi) is 4.43. The molecule has 21 heavy (non-hydrogen) atoms. The fourth-order valence-corrected chi connectivity index (χ4v) is 2.49. The van der Waals surface area contributed by atoms with Crippen molar-refractivity contribution in [1.82, 2.24) is 4.90 Å². The van der Waals surface area contributed by atoms with Gasteiger partial charge in [-0.15, -0.1) is 0 Å². The van der Waals surface area contributed by atoms with E-state index in [1.807, 2.05) is 0 Å². The third-order valence-corrected chi connectivity index (χ3v) is 3.89. The van der Waals surface area contributed by atoms with Gasteiger partial charge >= 0.3 is 5.97 Å². The SMILES string of the molecule is COc1c(F)cccc1C(F)N1CCC(N)(C(=O)O)CC1. The Balaban J connectivity index is 2.14. The van der Waals surface area contributed by atoms with E-state index in [-0.39, 0.29) is 37.2 Å². The highest BCUT2D eigenvalue weighted by Crippen LogP contribution is 2.35. The number of hydrogen-bond acceptors (Lipinski definition) is 4. The maximum Gasteiger partial charge on any atom is 0.323 e. The number of ether oxygens (including phenoxy) is 1. The number of nitrogens with two attached hydrogens (primary N) is 1. The van der Waals surface area contributed by atoms with E-state index in [2.05, 4.69) is 0 Å². The highest BCUT2D eigenvalue weighted by molar-refractivity contribution is 5.78. The minimum Gasteiger partial charge on any atom is -0.493 e. The van der Waals surface area contributed by atoms with E-state index < -0.39 is 23.6 Å². The van der Waals surface area contributed by atoms with Gasteiger partial charge in [0.25, 0.3) is 0 Å². The Morgan fingerprint density at radius 3 is 2.62 bits per heavy atom. The molecule has 0 spiro atoms. The van der Waals surface area contributed by atoms with Crippen LogP contribution in [0.5, 0.6) is 5.75 Å². The smallest absolute Gasteiger partial charge is 0.323 e. The normalized spacial score (nSPS) is 20.0. The molecule has 116 valence electrons. The summed E-state index contributed by atoms with van der Waals surface area (Å²) in [6.07, 6.45) is -1.28. The molecule has 1 aromatic rings. The Morgan fingerprint density at radius 2 is 2.10 bits per heavy atom. The fraction of sp³-hybridized carbons (Fsp3) is 0.500. The molecule has 1 aliphatic rings. The number of hydrogen-bond donors (Lipinski definition) is 2. The predicted molar refractivity (Wildman–Crippen MR) is 72.2 cm³/mol. The first-order chi connectivity index (χ1) is 9.89. The summed E-state index contributed by atoms with van der Waals surface area (Å²) < 4.78 is 33.1. The second-order valence-electron chi connectivity index (χ2n) is 5.20. The molecule has 0 aromatic heterocycles. The quantitative estimate of drug-likeness (QED) is 0.827. The van der Waals surface area contributed by atoms with Crippen molar-refractivity contribution >= 4 is 5.97 Å². The van der Waals surface area contributed by atoms with E-state index >= 15 is 0 Å². The number of likely N-dealkylation sites (tertiary alicyclic amines) is 1. The summed E-state index contributed by atoms with van der Waals surface area (Å²) in [5.41, 5.74) is 4.53. The van der Waals surface area contributed by atoms with Crippen LogP contribution < -0.4 is 10.5 Å². The number of carboxylic acid groups (broad SMARTS) is 1. The zero-order valence-electron chi connectivity index (χ0n) is 11.7. The number of nitrogens with zero attached hydrogens (tertiary/aromatic N) is 1. The number of carboxylic acids is 1. The predicted octanol–water partition coefficient (Wildman–Crippen LogP) is 1.68. The number of aliphatic carboxylic acids is 1. The van der Waals surface area contributed by atoms with Gasteiger partial charge in [0.05, 0.1) is 7.11 Å². The Labute approximate surface area is 121 Å². The van der Waals surface area contributed by atoms with Crippen molar-refractivity contribution in [2.75, 3.05) is 20.2 Å². The number of para-hydroxylation sites is 1. The second-order valence-corrected chi connectivity index (χ2v) is 5.20. The Hall–Kier alpha value is -1.73. The van der Waals surface area contributed by atoms with Crippen LogP contribution in [0.3, 0.4) is 0 Å². The number of carbonyl (C=O) groups is 1. The van der Waals surface area contributed by atoms with Crippen molar-refractivity contribution in [1.29, 1.82) is 0 Å². The van der Waals surface area contributed by atoms with Gasteiger partial charge in [-0.3, -0.25) is 9.69 Å². The van der Waals surface area contributed by atoms with Crippen LogP contribution in [0.25, 0.3) is 0 Å². The lowest BCUT2D eigenvalue weighted by atomic mass is 9.88. The number of rotatable bonds is 4. The molecule has 7 heteroatoms. The molecule has 0 amide bonds. The molecule has 1 saturated heterocycles. The van der Waals surface area contributed by atoms with E-state index in [4.69, 9.17) is 15.6 Å². The van der Waals surface area contributed by atoms with Gasteiger partial charge < -0.3 is 15.6 Å². The number of methoxy groups -OCH3 is 1. The first-order valence-corrected chi connectivity index (χ1v) is 6.62. The molecule has 1 aromatic carbocycles. The van der Waals surface area contributed by atoms with Crippen LogP contribution in [-0.4, -0.2) is 41.7 Å². The first kappa shape index (κ1) is 15.7. The van der Waals surface area contributed by atoms with Gasteiger partial charge in [-0.1, -0.05) is 12.1 Å². The fourth-order valence-electron chi connectivity index (χ4n) is 2.49. The standard InChI is InChI=1S/C14H18F2N2O3/c1-21-11-9(3-2-4-10(11)15)12(16)18-7-5-14(17,6-8-18)13(19)20/h2-4,12H,5-8,17H2,1H3,(H,19,20). The highest BCUT2D eigenvalue weighted by Gasteiger charge is 2.40. The summed E-state index contributed by atoms with van der Waals surface area (Å²) in [7, 11) is 1.28. The number of piperidine rings is 1. The van der Waals surface area contributed by atoms with Gasteiger partial charge in [-0.2, -0.15) is 0 Å². The van der Waals surface area contributed by atoms with Crippen LogP contribution in [0, 0.1) is 5.82 Å². The zero-order valence-corrected chi connectivity index (χ0v) is 11.7. The van der Waals surface area contributed by atoms with Crippen molar-refractivity contribution in [3.05, 3.63) is 29.6 Å². The summed E-state index contributed by atoms with van der Waals surface area (Å²) >= 11 is 0. The van der Waals surface area contributed by atoms with Crippen LogP contribution in [0.2, 0.25) is 0 Å². The van der Waals surface area contributed by atoms with E-state index in [0.29, 0.717) is 0 Å². The molecule has 0 bridgehead atoms. The molecular formula is C14H18F2N2O3. The third-order valence-electron chi connectivity index (χ3n) is 3.89. The topological polar surface area (TPSA) is 75.8 Å². The molecular weight excluding hydrogens is 282 g/mol. The molecule has 1 heterocycles. The Bertz CT molecular complexity index is 531. The average molecular weight is 300 g/mol. The lowest BCUT2D eigenvalue weighted by Crippen LogP contribution is -2.55. The van der Waals surface area contributed by atoms with Gasteiger partial charge in [-0.25, -0.2) is 8.78 Å². The minimum absolute atomic E-state index is 0.0948. The van der Waals surface area contributed by atoms with Crippen LogP contribution in [-0.2, 0) is 4.79 Å². The minimum atomic E-state index is -1.56. The number of alkyl halides is 1. The monoisotopic (exact) mass is 300 g/mol. The molecule has 3 N–H and O–H groups in total. The highest BCUT2D eigenvalue weighted by atomic mass is 19.1. The van der Waals surface area contributed by atoms with Gasteiger partial charge in [0.1, 0.15) is 5.54 Å². The van der Waals surface area contributed by atoms with Crippen molar-refractivity contribution in [2.24, 2.45) is 5.73 Å². The lowest BCUT2D eigenvalue weighted by Gasteiger charge is -2.37. The molecule has 5 nitrogen and oxygen atoms in total. The van der Waals surface area contributed by atoms with E-state index in [9.17, 15) is 13.6 Å². The maximum atomic E-state index is 14.6. The molecule has 0 aliphatic carbocycles. The third kappa shape index (κ3) is 2.98. The van der Waals surface area contributed by atoms with Crippen LogP contribution in [0.4, 0.5) is 8.78 Å². The van der Waals surface area contributed by atoms with Gasteiger partial charge in [0, 0.05) is 18.7 Å². The summed E-state index contributed by atoms with van der Waals surface area (Å²) in [5.74, 6) is -1.85. The van der Waals surface area contributed by atoms with Crippen LogP contribution in [0.15, 0.2) is 18.2 Å². The van der Waals surface area contributed by atoms with Crippen molar-refractivity contribution in [3.8, 4) is 5.75 Å². The van der Waals surface area contributed by atoms with Crippen molar-refractivity contribution < 1.29 is 23.4 Å². The summed E-state index contributed by atoms with van der Waals surface area (Å²) in [5, 5.41) is 9.05. The first-order valence-electron chi connectivity index (χ1n) is 6.62. The lowest BCUT2D eigenvalue weighted by molar-refractivity contribution is -0.146. The molecule has 1 aliphatic heterocycles. The zero-order chi connectivity index (χ0) is 15.6. The molecule has 0 saturated carbocycles. The average Bonchev–Trinajstić information content (AvgIpc) is 2.47. The molecule has 1 fully saturated rings.